The lowest BCUT2D eigenvalue weighted by Gasteiger charge is -2.39. The van der Waals surface area contributed by atoms with Gasteiger partial charge in [-0.15, -0.1) is 0 Å². The number of methoxy groups -OCH3 is 1. The number of hydrogen-bond acceptors (Lipinski definition) is 8. The Balaban J connectivity index is 1.79. The van der Waals surface area contributed by atoms with Crippen molar-refractivity contribution in [3.05, 3.63) is 29.8 Å². The number of nitrogens with one attached hydrogen (secondary N) is 3. The Bertz CT molecular complexity index is 1140. The molecule has 0 saturated carbocycles. The number of piperidine rings is 1. The molecule has 44 heavy (non-hydrogen) atoms. The summed E-state index contributed by atoms with van der Waals surface area (Å²) in [6.07, 6.45) is 2.91. The molecule has 1 aromatic carbocycles. The first kappa shape index (κ1) is 35.3. The summed E-state index contributed by atoms with van der Waals surface area (Å²) in [6, 6.07) is 5.86. The number of para-hydroxylation sites is 1. The summed E-state index contributed by atoms with van der Waals surface area (Å²) in [5, 5.41) is 20.0. The number of carbonyl (C=O) groups excluding carboxylic acids is 4. The monoisotopic (exact) mass is 616 g/mol. The molecule has 1 fully saturated rings. The second kappa shape index (κ2) is 16.2. The molecule has 6 N–H and O–H groups in total. The van der Waals surface area contributed by atoms with Crippen LogP contribution < -0.4 is 26.6 Å². The minimum Gasteiger partial charge on any atom is -0.453 e. The minimum absolute atomic E-state index is 0.121. The van der Waals surface area contributed by atoms with Gasteiger partial charge in [0.25, 0.3) is 0 Å². The summed E-state index contributed by atoms with van der Waals surface area (Å²) in [4.78, 5) is 55.3. The number of alkyl carbamates (subject to hydrolysis) is 1. The van der Waals surface area contributed by atoms with Gasteiger partial charge < -0.3 is 41.3 Å². The molecule has 0 spiro atoms. The SMILES string of the molecule is COC(=O)NC1Cc2ccccc2N(C(=O)CC(C)(C)CC(NC(=O)C(NC(=O)CN)C(C)C)C(O)CN2CCCCC2)C1. The van der Waals surface area contributed by atoms with Crippen LogP contribution in [0.1, 0.15) is 65.4 Å². The Morgan fingerprint density at radius 3 is 2.41 bits per heavy atom. The van der Waals surface area contributed by atoms with Crippen LogP contribution >= 0.6 is 0 Å². The van der Waals surface area contributed by atoms with Gasteiger partial charge in [-0.05, 0) is 61.7 Å². The summed E-state index contributed by atoms with van der Waals surface area (Å²) in [6.45, 7) is 9.81. The number of β-amino-alcohol motifs (C(OH)–C–C–N with tert-alkyl or cyclic N) is 1. The molecule has 246 valence electrons. The van der Waals surface area contributed by atoms with Crippen molar-refractivity contribution in [3.63, 3.8) is 0 Å². The Hall–Kier alpha value is -3.22. The van der Waals surface area contributed by atoms with E-state index < -0.39 is 41.5 Å². The van der Waals surface area contributed by atoms with E-state index in [1.54, 1.807) is 4.90 Å². The number of amides is 4. The summed E-state index contributed by atoms with van der Waals surface area (Å²) in [5.41, 5.74) is 6.62. The van der Waals surface area contributed by atoms with Crippen molar-refractivity contribution in [1.29, 1.82) is 0 Å². The van der Waals surface area contributed by atoms with Gasteiger partial charge in [-0.2, -0.15) is 0 Å². The van der Waals surface area contributed by atoms with E-state index in [2.05, 4.69) is 20.9 Å². The van der Waals surface area contributed by atoms with Crippen LogP contribution in [0.5, 0.6) is 0 Å². The standard InChI is InChI=1S/C32H52N6O6/c1-21(2)29(36-27(40)18-33)30(42)35-24(26(39)20-37-13-9-6-10-14-37)16-32(3,4)17-28(41)38-19-23(34-31(43)44-5)15-22-11-7-8-12-25(22)38/h7-8,11-12,21,23-24,26,29,39H,6,9-10,13-20,33H2,1-5H3,(H,34,43)(H,35,42)(H,36,40). The van der Waals surface area contributed by atoms with Gasteiger partial charge in [0.15, 0.2) is 0 Å². The number of nitrogens with zero attached hydrogens (tertiary/aromatic N) is 2. The topological polar surface area (TPSA) is 166 Å². The van der Waals surface area contributed by atoms with Gasteiger partial charge in [0.05, 0.1) is 31.8 Å². The Labute approximate surface area is 261 Å². The van der Waals surface area contributed by atoms with Crippen molar-refractivity contribution in [2.45, 2.75) is 90.4 Å². The number of fused-ring (bicyclic) bond motifs is 1. The number of anilines is 1. The Morgan fingerprint density at radius 1 is 1.09 bits per heavy atom. The van der Waals surface area contributed by atoms with Crippen molar-refractivity contribution >= 4 is 29.5 Å². The van der Waals surface area contributed by atoms with Crippen molar-refractivity contribution < 1.29 is 29.0 Å². The van der Waals surface area contributed by atoms with Crippen molar-refractivity contribution in [2.24, 2.45) is 17.1 Å². The van der Waals surface area contributed by atoms with Gasteiger partial charge in [0.2, 0.25) is 17.7 Å². The van der Waals surface area contributed by atoms with Crippen molar-refractivity contribution in [2.75, 3.05) is 44.7 Å². The number of aliphatic hydroxyl groups excluding tert-OH is 1. The number of rotatable bonds is 13. The molecule has 12 heteroatoms. The molecule has 0 aromatic heterocycles. The first-order valence-corrected chi connectivity index (χ1v) is 15.8. The maximum absolute atomic E-state index is 13.9. The fraction of sp³-hybridized carbons (Fsp3) is 0.688. The van der Waals surface area contributed by atoms with Crippen LogP contribution in [-0.4, -0.2) is 97.9 Å². The predicted octanol–water partition coefficient (Wildman–Crippen LogP) is 1.54. The molecule has 2 aliphatic heterocycles. The normalized spacial score (nSPS) is 19.4. The van der Waals surface area contributed by atoms with E-state index in [1.165, 1.54) is 7.11 Å². The lowest BCUT2D eigenvalue weighted by molar-refractivity contribution is -0.130. The van der Waals surface area contributed by atoms with Crippen LogP contribution in [0, 0.1) is 11.3 Å². The van der Waals surface area contributed by atoms with Crippen LogP contribution in [-0.2, 0) is 25.5 Å². The van der Waals surface area contributed by atoms with E-state index in [0.29, 0.717) is 25.9 Å². The molecular formula is C32H52N6O6. The molecule has 1 saturated heterocycles. The maximum Gasteiger partial charge on any atom is 0.407 e. The lowest BCUT2D eigenvalue weighted by atomic mass is 9.80. The van der Waals surface area contributed by atoms with Crippen LogP contribution in [0.2, 0.25) is 0 Å². The number of likely N-dealkylation sites (tertiary alicyclic amines) is 1. The fourth-order valence-corrected chi connectivity index (χ4v) is 6.18. The molecule has 2 heterocycles. The van der Waals surface area contributed by atoms with Gasteiger partial charge in [-0.3, -0.25) is 14.4 Å². The number of ether oxygens (including phenoxy) is 1. The summed E-state index contributed by atoms with van der Waals surface area (Å²) >= 11 is 0. The van der Waals surface area contributed by atoms with Crippen LogP contribution in [0.3, 0.4) is 0 Å². The summed E-state index contributed by atoms with van der Waals surface area (Å²) in [7, 11) is 1.31. The zero-order chi connectivity index (χ0) is 32.4. The molecule has 4 amide bonds. The second-order valence-electron chi connectivity index (χ2n) is 13.3. The second-order valence-corrected chi connectivity index (χ2v) is 13.3. The van der Waals surface area contributed by atoms with Gasteiger partial charge in [-0.1, -0.05) is 52.3 Å². The fourth-order valence-electron chi connectivity index (χ4n) is 6.18. The molecule has 0 bridgehead atoms. The zero-order valence-corrected chi connectivity index (χ0v) is 26.9. The van der Waals surface area contributed by atoms with E-state index in [9.17, 15) is 24.3 Å². The average molecular weight is 617 g/mol. The molecule has 4 atom stereocenters. The zero-order valence-electron chi connectivity index (χ0n) is 26.9. The average Bonchev–Trinajstić information content (AvgIpc) is 2.98. The van der Waals surface area contributed by atoms with Crippen LogP contribution in [0.25, 0.3) is 0 Å². The van der Waals surface area contributed by atoms with Crippen LogP contribution in [0.4, 0.5) is 10.5 Å². The molecule has 0 radical (unpaired) electrons. The summed E-state index contributed by atoms with van der Waals surface area (Å²) in [5.74, 6) is -1.15. The highest BCUT2D eigenvalue weighted by molar-refractivity contribution is 5.95. The highest BCUT2D eigenvalue weighted by Gasteiger charge is 2.37. The van der Waals surface area contributed by atoms with E-state index in [0.717, 1.165) is 43.6 Å². The van der Waals surface area contributed by atoms with E-state index in [4.69, 9.17) is 10.5 Å². The van der Waals surface area contributed by atoms with Crippen LogP contribution in [0.15, 0.2) is 24.3 Å². The molecule has 2 aliphatic rings. The highest BCUT2D eigenvalue weighted by Crippen LogP contribution is 2.33. The minimum atomic E-state index is -0.881. The largest absolute Gasteiger partial charge is 0.453 e. The molecule has 12 nitrogen and oxygen atoms in total. The molecular weight excluding hydrogens is 564 g/mol. The van der Waals surface area contributed by atoms with E-state index >= 15 is 0 Å². The van der Waals surface area contributed by atoms with Gasteiger partial charge in [0, 0.05) is 25.2 Å². The third kappa shape index (κ3) is 10.2. The predicted molar refractivity (Wildman–Crippen MR) is 169 cm³/mol. The first-order chi connectivity index (χ1) is 20.8. The maximum atomic E-state index is 13.9. The number of benzene rings is 1. The third-order valence-corrected chi connectivity index (χ3v) is 8.50. The molecule has 1 aromatic rings. The quantitative estimate of drug-likeness (QED) is 0.223. The lowest BCUT2D eigenvalue weighted by Crippen LogP contribution is -2.57. The summed E-state index contributed by atoms with van der Waals surface area (Å²) < 4.78 is 4.78. The van der Waals surface area contributed by atoms with Gasteiger partial charge in [0.1, 0.15) is 6.04 Å². The molecule has 4 unspecified atom stereocenters. The van der Waals surface area contributed by atoms with Crippen molar-refractivity contribution in [3.8, 4) is 0 Å². The number of hydrogen-bond donors (Lipinski definition) is 5. The Morgan fingerprint density at radius 2 is 1.77 bits per heavy atom. The number of nitrogens with two attached hydrogens (primary N) is 1. The highest BCUT2D eigenvalue weighted by atomic mass is 16.5. The Kier molecular flexibility index (Phi) is 13.0. The molecule has 0 aliphatic carbocycles. The number of aliphatic hydroxyl groups is 1. The third-order valence-electron chi connectivity index (χ3n) is 8.50. The first-order valence-electron chi connectivity index (χ1n) is 15.8. The number of carbonyl (C=O) groups is 4. The van der Waals surface area contributed by atoms with E-state index in [-0.39, 0.29) is 30.8 Å². The van der Waals surface area contributed by atoms with E-state index in [1.807, 2.05) is 52.0 Å². The van der Waals surface area contributed by atoms with Gasteiger partial charge >= 0.3 is 6.09 Å². The smallest absolute Gasteiger partial charge is 0.407 e. The molecule has 3 rings (SSSR count). The van der Waals surface area contributed by atoms with Gasteiger partial charge in [-0.25, -0.2) is 4.79 Å². The van der Waals surface area contributed by atoms with Crippen molar-refractivity contribution in [1.82, 2.24) is 20.9 Å².